The highest BCUT2D eigenvalue weighted by Gasteiger charge is 2.28. The minimum Gasteiger partial charge on any atom is -0.496 e. The number of hydrogen-bond donors (Lipinski definition) is 1. The number of ether oxygens (including phenoxy) is 3. The zero-order valence-electron chi connectivity index (χ0n) is 16.6. The number of nitrogens with one attached hydrogen (secondary N) is 1. The van der Waals surface area contributed by atoms with E-state index in [4.69, 9.17) is 14.2 Å². The van der Waals surface area contributed by atoms with E-state index in [9.17, 15) is 18.0 Å². The van der Waals surface area contributed by atoms with Crippen molar-refractivity contribution in [3.63, 3.8) is 0 Å². The van der Waals surface area contributed by atoms with Crippen molar-refractivity contribution >= 4 is 27.6 Å². The highest BCUT2D eigenvalue weighted by atomic mass is 32.2. The molecule has 3 rings (SSSR count). The largest absolute Gasteiger partial charge is 0.496 e. The summed E-state index contributed by atoms with van der Waals surface area (Å²) in [5.41, 5.74) is 0.425. The van der Waals surface area contributed by atoms with Gasteiger partial charge in [0.1, 0.15) is 5.75 Å². The van der Waals surface area contributed by atoms with Crippen LogP contribution in [0.5, 0.6) is 5.75 Å². The molecule has 1 aliphatic rings. The van der Waals surface area contributed by atoms with Crippen molar-refractivity contribution in [2.45, 2.75) is 4.90 Å². The molecular weight excluding hydrogens is 412 g/mol. The van der Waals surface area contributed by atoms with E-state index in [1.165, 1.54) is 42.8 Å². The Hall–Kier alpha value is -2.95. The van der Waals surface area contributed by atoms with Gasteiger partial charge in [-0.25, -0.2) is 13.2 Å². The summed E-state index contributed by atoms with van der Waals surface area (Å²) in [5.74, 6) is -1.03. The standard InChI is InChI=1S/C20H22N2O7S/c1-27-18-8-7-14(30(25,26)22-9-11-29-12-10-22)13-16(18)19(23)21-17-6-4-3-5-15(17)20(24)28-2/h3-8,13H,9-12H2,1-2H3,(H,21,23). The van der Waals surface area contributed by atoms with Crippen LogP contribution in [0.2, 0.25) is 0 Å². The average molecular weight is 434 g/mol. The van der Waals surface area contributed by atoms with Gasteiger partial charge in [-0.1, -0.05) is 12.1 Å². The third-order valence-electron chi connectivity index (χ3n) is 4.60. The molecule has 0 atom stereocenters. The quantitative estimate of drug-likeness (QED) is 0.690. The number of sulfonamides is 1. The minimum absolute atomic E-state index is 0.0199. The molecule has 1 fully saturated rings. The zero-order chi connectivity index (χ0) is 21.7. The van der Waals surface area contributed by atoms with Crippen LogP contribution in [0.4, 0.5) is 5.69 Å². The van der Waals surface area contributed by atoms with Crippen LogP contribution in [0.25, 0.3) is 0 Å². The maximum absolute atomic E-state index is 12.9. The summed E-state index contributed by atoms with van der Waals surface area (Å²) in [6.07, 6.45) is 0. The molecule has 160 valence electrons. The van der Waals surface area contributed by atoms with Crippen LogP contribution in [0.15, 0.2) is 47.4 Å². The fourth-order valence-corrected chi connectivity index (χ4v) is 4.47. The Labute approximate surface area is 174 Å². The lowest BCUT2D eigenvalue weighted by molar-refractivity contribution is 0.0602. The molecule has 9 nitrogen and oxygen atoms in total. The monoisotopic (exact) mass is 434 g/mol. The number of carbonyl (C=O) groups is 2. The van der Waals surface area contributed by atoms with Crippen LogP contribution in [0.1, 0.15) is 20.7 Å². The molecule has 0 aromatic heterocycles. The lowest BCUT2D eigenvalue weighted by Gasteiger charge is -2.26. The number of morpholine rings is 1. The van der Waals surface area contributed by atoms with E-state index in [0.717, 1.165) is 0 Å². The van der Waals surface area contributed by atoms with Crippen molar-refractivity contribution in [2.75, 3.05) is 45.8 Å². The van der Waals surface area contributed by atoms with E-state index >= 15 is 0 Å². The van der Waals surface area contributed by atoms with Crippen LogP contribution in [-0.4, -0.2) is 65.1 Å². The number of anilines is 1. The lowest BCUT2D eigenvalue weighted by atomic mass is 10.1. The molecule has 1 saturated heterocycles. The normalized spacial score (nSPS) is 14.7. The molecular formula is C20H22N2O7S. The Balaban J connectivity index is 1.95. The molecule has 30 heavy (non-hydrogen) atoms. The van der Waals surface area contributed by atoms with Crippen molar-refractivity contribution in [1.29, 1.82) is 0 Å². The number of benzene rings is 2. The summed E-state index contributed by atoms with van der Waals surface area (Å²) in [6, 6.07) is 10.4. The number of amides is 1. The van der Waals surface area contributed by atoms with Crippen molar-refractivity contribution in [1.82, 2.24) is 4.31 Å². The fourth-order valence-electron chi connectivity index (χ4n) is 3.03. The van der Waals surface area contributed by atoms with Crippen LogP contribution in [-0.2, 0) is 19.5 Å². The molecule has 1 amide bonds. The summed E-state index contributed by atoms with van der Waals surface area (Å²) in [6.45, 7) is 1.10. The van der Waals surface area contributed by atoms with Gasteiger partial charge in [-0.15, -0.1) is 0 Å². The summed E-state index contributed by atoms with van der Waals surface area (Å²) >= 11 is 0. The van der Waals surface area contributed by atoms with Gasteiger partial charge in [-0.2, -0.15) is 4.31 Å². The van der Waals surface area contributed by atoms with Crippen molar-refractivity contribution in [2.24, 2.45) is 0 Å². The number of nitrogens with zero attached hydrogens (tertiary/aromatic N) is 1. The Morgan fingerprint density at radius 3 is 2.40 bits per heavy atom. The Morgan fingerprint density at radius 2 is 1.73 bits per heavy atom. The molecule has 2 aromatic carbocycles. The number of rotatable bonds is 6. The molecule has 1 aliphatic heterocycles. The van der Waals surface area contributed by atoms with Gasteiger partial charge in [0.15, 0.2) is 0 Å². The van der Waals surface area contributed by atoms with Crippen LogP contribution in [0, 0.1) is 0 Å². The number of methoxy groups -OCH3 is 2. The van der Waals surface area contributed by atoms with Gasteiger partial charge in [-0.3, -0.25) is 4.79 Å². The average Bonchev–Trinajstić information content (AvgIpc) is 2.79. The summed E-state index contributed by atoms with van der Waals surface area (Å²) in [4.78, 5) is 24.9. The smallest absolute Gasteiger partial charge is 0.339 e. The van der Waals surface area contributed by atoms with E-state index < -0.39 is 21.9 Å². The molecule has 0 unspecified atom stereocenters. The Kier molecular flexibility index (Phi) is 6.70. The van der Waals surface area contributed by atoms with Crippen molar-refractivity contribution in [3.05, 3.63) is 53.6 Å². The maximum Gasteiger partial charge on any atom is 0.339 e. The second-order valence-electron chi connectivity index (χ2n) is 6.37. The third kappa shape index (κ3) is 4.45. The Bertz CT molecular complexity index is 1050. The van der Waals surface area contributed by atoms with Gasteiger partial charge < -0.3 is 19.5 Å². The first-order chi connectivity index (χ1) is 14.4. The molecule has 1 heterocycles. The number of hydrogen-bond acceptors (Lipinski definition) is 7. The second-order valence-corrected chi connectivity index (χ2v) is 8.31. The van der Waals surface area contributed by atoms with Gasteiger partial charge in [0.25, 0.3) is 5.91 Å². The zero-order valence-corrected chi connectivity index (χ0v) is 17.4. The molecule has 2 aromatic rings. The Morgan fingerprint density at radius 1 is 1.03 bits per heavy atom. The molecule has 0 saturated carbocycles. The van der Waals surface area contributed by atoms with Crippen molar-refractivity contribution < 1.29 is 32.2 Å². The van der Waals surface area contributed by atoms with Gasteiger partial charge in [0, 0.05) is 13.1 Å². The molecule has 0 aliphatic carbocycles. The second kappa shape index (κ2) is 9.24. The fraction of sp³-hybridized carbons (Fsp3) is 0.300. The first-order valence-corrected chi connectivity index (χ1v) is 10.6. The minimum atomic E-state index is -3.80. The maximum atomic E-state index is 12.9. The van der Waals surface area contributed by atoms with E-state index in [-0.39, 0.29) is 40.5 Å². The van der Waals surface area contributed by atoms with Gasteiger partial charge in [0.2, 0.25) is 10.0 Å². The number of esters is 1. The van der Waals surface area contributed by atoms with Crippen LogP contribution >= 0.6 is 0 Å². The summed E-state index contributed by atoms with van der Waals surface area (Å²) < 4.78 is 42.4. The summed E-state index contributed by atoms with van der Waals surface area (Å²) in [5, 5.41) is 2.63. The number of carbonyl (C=O) groups excluding carboxylic acids is 2. The van der Waals surface area contributed by atoms with Crippen LogP contribution < -0.4 is 10.1 Å². The molecule has 1 N–H and O–H groups in total. The first kappa shape index (κ1) is 21.8. The van der Waals surface area contributed by atoms with Crippen molar-refractivity contribution in [3.8, 4) is 5.75 Å². The topological polar surface area (TPSA) is 111 Å². The van der Waals surface area contributed by atoms with Gasteiger partial charge >= 0.3 is 5.97 Å². The van der Waals surface area contributed by atoms with Gasteiger partial charge in [0.05, 0.1) is 49.1 Å². The predicted octanol–water partition coefficient (Wildman–Crippen LogP) is 1.75. The van der Waals surface area contributed by atoms with E-state index in [0.29, 0.717) is 13.2 Å². The highest BCUT2D eigenvalue weighted by molar-refractivity contribution is 7.89. The van der Waals surface area contributed by atoms with E-state index in [2.05, 4.69) is 5.32 Å². The molecule has 0 bridgehead atoms. The molecule has 0 radical (unpaired) electrons. The summed E-state index contributed by atoms with van der Waals surface area (Å²) in [7, 11) is -1.18. The van der Waals surface area contributed by atoms with Crippen LogP contribution in [0.3, 0.4) is 0 Å². The molecule has 10 heteroatoms. The SMILES string of the molecule is COC(=O)c1ccccc1NC(=O)c1cc(S(=O)(=O)N2CCOCC2)ccc1OC. The van der Waals surface area contributed by atoms with Gasteiger partial charge in [-0.05, 0) is 30.3 Å². The lowest BCUT2D eigenvalue weighted by Crippen LogP contribution is -2.40. The highest BCUT2D eigenvalue weighted by Crippen LogP contribution is 2.27. The number of para-hydroxylation sites is 1. The molecule has 0 spiro atoms. The first-order valence-electron chi connectivity index (χ1n) is 9.13. The third-order valence-corrected chi connectivity index (χ3v) is 6.50. The van der Waals surface area contributed by atoms with E-state index in [1.807, 2.05) is 0 Å². The van der Waals surface area contributed by atoms with E-state index in [1.54, 1.807) is 18.2 Å². The predicted molar refractivity (Wildman–Crippen MR) is 108 cm³/mol.